The lowest BCUT2D eigenvalue weighted by molar-refractivity contribution is 0.0273. The number of rotatable bonds is 1. The lowest BCUT2D eigenvalue weighted by Crippen LogP contribution is -2.58. The second kappa shape index (κ2) is 3.95. The van der Waals surface area contributed by atoms with E-state index in [1.165, 1.54) is 32.4 Å². The molecule has 0 aromatic rings. The summed E-state index contributed by atoms with van der Waals surface area (Å²) >= 11 is 0. The van der Waals surface area contributed by atoms with Gasteiger partial charge in [-0.25, -0.2) is 5.01 Å². The fraction of sp³-hybridized carbons (Fsp3) is 1.00. The van der Waals surface area contributed by atoms with Crippen LogP contribution in [0, 0.1) is 5.92 Å². The largest absolute Gasteiger partial charge is 0.297 e. The van der Waals surface area contributed by atoms with Gasteiger partial charge in [0.1, 0.15) is 0 Å². The molecule has 0 amide bonds. The van der Waals surface area contributed by atoms with Crippen LogP contribution in [0.5, 0.6) is 0 Å². The number of hydrazine groups is 1. The molecule has 3 nitrogen and oxygen atoms in total. The van der Waals surface area contributed by atoms with Gasteiger partial charge in [-0.15, -0.1) is 0 Å². The quantitative estimate of drug-likeness (QED) is 0.606. The van der Waals surface area contributed by atoms with Crippen LogP contribution in [0.25, 0.3) is 0 Å². The van der Waals surface area contributed by atoms with Crippen LogP contribution in [0.2, 0.25) is 0 Å². The first-order valence-corrected chi connectivity index (χ1v) is 5.53. The van der Waals surface area contributed by atoms with E-state index >= 15 is 0 Å². The van der Waals surface area contributed by atoms with Crippen LogP contribution in [0.4, 0.5) is 0 Å². The normalized spacial score (nSPS) is 37.4. The average Bonchev–Trinajstić information content (AvgIpc) is 2.17. The maximum atomic E-state index is 5.82. The maximum Gasteiger partial charge on any atom is 0.0285 e. The zero-order valence-corrected chi connectivity index (χ0v) is 8.58. The third-order valence-corrected chi connectivity index (χ3v) is 3.61. The molecule has 0 aliphatic carbocycles. The van der Waals surface area contributed by atoms with Gasteiger partial charge in [0.15, 0.2) is 0 Å². The Morgan fingerprint density at radius 2 is 2.08 bits per heavy atom. The summed E-state index contributed by atoms with van der Waals surface area (Å²) in [5, 5.41) is 1.98. The zero-order valence-electron chi connectivity index (χ0n) is 8.58. The lowest BCUT2D eigenvalue weighted by atomic mass is 9.90. The molecule has 2 fully saturated rings. The van der Waals surface area contributed by atoms with Gasteiger partial charge in [0.25, 0.3) is 0 Å². The van der Waals surface area contributed by atoms with Crippen molar-refractivity contribution in [2.24, 2.45) is 11.8 Å². The van der Waals surface area contributed by atoms with Crippen molar-refractivity contribution in [2.75, 3.05) is 26.2 Å². The topological polar surface area (TPSA) is 32.5 Å². The third kappa shape index (κ3) is 2.03. The van der Waals surface area contributed by atoms with Gasteiger partial charge in [-0.3, -0.25) is 10.7 Å². The highest BCUT2D eigenvalue weighted by atomic mass is 15.4. The molecule has 2 rings (SSSR count). The first-order valence-electron chi connectivity index (χ1n) is 5.53. The lowest BCUT2D eigenvalue weighted by Gasteiger charge is -2.45. The predicted octanol–water partition coefficient (Wildman–Crippen LogP) is 0.666. The van der Waals surface area contributed by atoms with Crippen LogP contribution in [-0.2, 0) is 0 Å². The highest BCUT2D eigenvalue weighted by Gasteiger charge is 2.30. The molecular formula is C10H21N3. The van der Waals surface area contributed by atoms with Crippen LogP contribution in [-0.4, -0.2) is 42.1 Å². The Morgan fingerprint density at radius 3 is 2.85 bits per heavy atom. The van der Waals surface area contributed by atoms with Crippen molar-refractivity contribution in [2.45, 2.75) is 32.2 Å². The van der Waals surface area contributed by atoms with Gasteiger partial charge >= 0.3 is 0 Å². The molecule has 0 spiro atoms. The van der Waals surface area contributed by atoms with Crippen LogP contribution in [0.15, 0.2) is 0 Å². The summed E-state index contributed by atoms with van der Waals surface area (Å²) in [6.45, 7) is 6.93. The molecule has 76 valence electrons. The van der Waals surface area contributed by atoms with E-state index in [9.17, 15) is 0 Å². The molecule has 0 aromatic carbocycles. The monoisotopic (exact) mass is 183 g/mol. The fourth-order valence-electron chi connectivity index (χ4n) is 2.62. The van der Waals surface area contributed by atoms with E-state index in [-0.39, 0.29) is 0 Å². The zero-order chi connectivity index (χ0) is 9.26. The van der Waals surface area contributed by atoms with Crippen molar-refractivity contribution in [3.63, 3.8) is 0 Å². The van der Waals surface area contributed by atoms with E-state index in [1.807, 2.05) is 5.01 Å². The minimum atomic E-state index is 0.751. The Hall–Kier alpha value is -0.120. The number of hydrogen-bond acceptors (Lipinski definition) is 3. The molecule has 2 unspecified atom stereocenters. The van der Waals surface area contributed by atoms with Gasteiger partial charge < -0.3 is 0 Å². The molecule has 3 heteroatoms. The average molecular weight is 183 g/mol. The summed E-state index contributed by atoms with van der Waals surface area (Å²) in [4.78, 5) is 2.64. The summed E-state index contributed by atoms with van der Waals surface area (Å²) in [6.07, 6.45) is 4.10. The van der Waals surface area contributed by atoms with Crippen molar-refractivity contribution in [1.82, 2.24) is 9.91 Å². The third-order valence-electron chi connectivity index (χ3n) is 3.61. The molecule has 2 atom stereocenters. The van der Waals surface area contributed by atoms with Crippen LogP contribution in [0.1, 0.15) is 26.2 Å². The number of hydrogen-bond donors (Lipinski definition) is 1. The second-order valence-corrected chi connectivity index (χ2v) is 4.50. The minimum Gasteiger partial charge on any atom is -0.297 e. The SMILES string of the molecule is CCC1CCC2CN(N)CCN2C1. The van der Waals surface area contributed by atoms with Crippen molar-refractivity contribution < 1.29 is 0 Å². The van der Waals surface area contributed by atoms with Crippen molar-refractivity contribution in [3.05, 3.63) is 0 Å². The molecule has 2 aliphatic heterocycles. The molecule has 0 radical (unpaired) electrons. The van der Waals surface area contributed by atoms with Gasteiger partial charge in [0, 0.05) is 32.2 Å². The van der Waals surface area contributed by atoms with E-state index < -0.39 is 0 Å². The number of nitrogens with two attached hydrogens (primary N) is 1. The molecule has 2 aliphatic rings. The smallest absolute Gasteiger partial charge is 0.0285 e. The van der Waals surface area contributed by atoms with Crippen LogP contribution in [0.3, 0.4) is 0 Å². The molecule has 0 saturated carbocycles. The number of piperidine rings is 1. The molecule has 2 N–H and O–H groups in total. The summed E-state index contributed by atoms with van der Waals surface area (Å²) in [7, 11) is 0. The predicted molar refractivity (Wildman–Crippen MR) is 54.1 cm³/mol. The van der Waals surface area contributed by atoms with Crippen LogP contribution >= 0.6 is 0 Å². The van der Waals surface area contributed by atoms with Gasteiger partial charge in [0.05, 0.1) is 0 Å². The van der Waals surface area contributed by atoms with Crippen molar-refractivity contribution in [3.8, 4) is 0 Å². The molecular weight excluding hydrogens is 162 g/mol. The minimum absolute atomic E-state index is 0.751. The highest BCUT2D eigenvalue weighted by Crippen LogP contribution is 2.25. The van der Waals surface area contributed by atoms with Crippen molar-refractivity contribution >= 4 is 0 Å². The molecule has 0 bridgehead atoms. The fourth-order valence-corrected chi connectivity index (χ4v) is 2.62. The molecule has 2 heterocycles. The first-order chi connectivity index (χ1) is 6.29. The second-order valence-electron chi connectivity index (χ2n) is 4.50. The standard InChI is InChI=1S/C10H21N3/c1-2-9-3-4-10-8-13(11)6-5-12(10)7-9/h9-10H,2-8,11H2,1H3. The Morgan fingerprint density at radius 1 is 1.23 bits per heavy atom. The van der Waals surface area contributed by atoms with E-state index in [0.29, 0.717) is 0 Å². The summed E-state index contributed by atoms with van der Waals surface area (Å²) in [5.41, 5.74) is 0. The summed E-state index contributed by atoms with van der Waals surface area (Å²) in [6, 6.07) is 0.751. The summed E-state index contributed by atoms with van der Waals surface area (Å²) in [5.74, 6) is 6.76. The van der Waals surface area contributed by atoms with E-state index in [4.69, 9.17) is 5.84 Å². The molecule has 13 heavy (non-hydrogen) atoms. The van der Waals surface area contributed by atoms with Gasteiger partial charge in [0.2, 0.25) is 0 Å². The Bertz CT molecular complexity index is 172. The van der Waals surface area contributed by atoms with E-state index in [1.54, 1.807) is 0 Å². The Labute approximate surface area is 80.8 Å². The number of nitrogens with zero attached hydrogens (tertiary/aromatic N) is 2. The Balaban J connectivity index is 1.90. The number of fused-ring (bicyclic) bond motifs is 1. The Kier molecular flexibility index (Phi) is 2.86. The van der Waals surface area contributed by atoms with E-state index in [0.717, 1.165) is 25.0 Å². The summed E-state index contributed by atoms with van der Waals surface area (Å²) < 4.78 is 0. The van der Waals surface area contributed by atoms with Gasteiger partial charge in [-0.05, 0) is 18.8 Å². The van der Waals surface area contributed by atoms with E-state index in [2.05, 4.69) is 11.8 Å². The van der Waals surface area contributed by atoms with Crippen molar-refractivity contribution in [1.29, 1.82) is 0 Å². The maximum absolute atomic E-state index is 5.82. The van der Waals surface area contributed by atoms with Gasteiger partial charge in [-0.2, -0.15) is 0 Å². The van der Waals surface area contributed by atoms with Gasteiger partial charge in [-0.1, -0.05) is 13.3 Å². The molecule has 0 aromatic heterocycles. The highest BCUT2D eigenvalue weighted by molar-refractivity contribution is 4.86. The van der Waals surface area contributed by atoms with Crippen LogP contribution < -0.4 is 5.84 Å². The number of piperazine rings is 1. The molecule has 2 saturated heterocycles. The first kappa shape index (κ1) is 9.44.